The summed E-state index contributed by atoms with van der Waals surface area (Å²) in [6, 6.07) is 6.58. The third-order valence-electron chi connectivity index (χ3n) is 2.24. The van der Waals surface area contributed by atoms with Gasteiger partial charge in [-0.3, -0.25) is 10.1 Å². The van der Waals surface area contributed by atoms with E-state index >= 15 is 0 Å². The topological polar surface area (TPSA) is 76.5 Å². The van der Waals surface area contributed by atoms with E-state index in [1.54, 1.807) is 12.1 Å². The molecule has 1 aromatic heterocycles. The zero-order valence-electron chi connectivity index (χ0n) is 8.59. The zero-order valence-corrected chi connectivity index (χ0v) is 8.59. The fraction of sp³-hybridized carbons (Fsp3) is 0.0909. The van der Waals surface area contributed by atoms with Gasteiger partial charge in [-0.25, -0.2) is 0 Å². The average molecular weight is 237 g/mol. The van der Waals surface area contributed by atoms with E-state index in [-0.39, 0.29) is 6.61 Å². The third-order valence-corrected chi connectivity index (χ3v) is 2.24. The summed E-state index contributed by atoms with van der Waals surface area (Å²) >= 11 is 0. The SMILES string of the molecule is O=[N+]([O-])c1cc(-c2ccc(CO)o2)ccc1F. The molecule has 1 aromatic carbocycles. The van der Waals surface area contributed by atoms with Crippen molar-refractivity contribution in [2.45, 2.75) is 6.61 Å². The molecule has 1 N–H and O–H groups in total. The van der Waals surface area contributed by atoms with Crippen molar-refractivity contribution in [3.63, 3.8) is 0 Å². The minimum atomic E-state index is -0.896. The highest BCUT2D eigenvalue weighted by atomic mass is 19.1. The van der Waals surface area contributed by atoms with Crippen LogP contribution in [0.4, 0.5) is 10.1 Å². The van der Waals surface area contributed by atoms with Gasteiger partial charge < -0.3 is 9.52 Å². The summed E-state index contributed by atoms with van der Waals surface area (Å²) in [4.78, 5) is 9.76. The molecule has 0 bridgehead atoms. The third kappa shape index (κ3) is 2.16. The van der Waals surface area contributed by atoms with Gasteiger partial charge in [0.2, 0.25) is 5.82 Å². The van der Waals surface area contributed by atoms with E-state index < -0.39 is 16.4 Å². The quantitative estimate of drug-likeness (QED) is 0.657. The van der Waals surface area contributed by atoms with Gasteiger partial charge in [0, 0.05) is 11.6 Å². The van der Waals surface area contributed by atoms with E-state index in [0.717, 1.165) is 12.1 Å². The zero-order chi connectivity index (χ0) is 12.4. The summed E-state index contributed by atoms with van der Waals surface area (Å²) in [6.07, 6.45) is 0. The lowest BCUT2D eigenvalue weighted by Crippen LogP contribution is -1.92. The lowest BCUT2D eigenvalue weighted by atomic mass is 10.1. The minimum absolute atomic E-state index is 0.261. The molecule has 0 aliphatic carbocycles. The molecule has 0 aliphatic rings. The highest BCUT2D eigenvalue weighted by Gasteiger charge is 2.16. The van der Waals surface area contributed by atoms with Gasteiger partial charge in [-0.15, -0.1) is 0 Å². The maximum atomic E-state index is 13.1. The van der Waals surface area contributed by atoms with E-state index in [1.165, 1.54) is 6.07 Å². The first-order chi connectivity index (χ1) is 8.11. The first-order valence-corrected chi connectivity index (χ1v) is 4.75. The van der Waals surface area contributed by atoms with Crippen LogP contribution in [0.15, 0.2) is 34.7 Å². The Morgan fingerprint density at radius 3 is 2.71 bits per heavy atom. The molecule has 0 saturated carbocycles. The molecule has 2 rings (SSSR count). The number of hydrogen-bond acceptors (Lipinski definition) is 4. The molecule has 2 aromatic rings. The van der Waals surface area contributed by atoms with Crippen LogP contribution in [0.3, 0.4) is 0 Å². The molecule has 0 unspecified atom stereocenters. The highest BCUT2D eigenvalue weighted by Crippen LogP contribution is 2.27. The Kier molecular flexibility index (Phi) is 2.88. The van der Waals surface area contributed by atoms with Crippen molar-refractivity contribution in [3.05, 3.63) is 52.0 Å². The van der Waals surface area contributed by atoms with Crippen molar-refractivity contribution in [2.24, 2.45) is 0 Å². The van der Waals surface area contributed by atoms with Gasteiger partial charge >= 0.3 is 5.69 Å². The van der Waals surface area contributed by atoms with Crippen LogP contribution in [-0.4, -0.2) is 10.0 Å². The van der Waals surface area contributed by atoms with Gasteiger partial charge in [0.05, 0.1) is 4.92 Å². The maximum absolute atomic E-state index is 13.1. The fourth-order valence-electron chi connectivity index (χ4n) is 1.42. The number of halogens is 1. The second-order valence-electron chi connectivity index (χ2n) is 3.35. The predicted octanol–water partition coefficient (Wildman–Crippen LogP) is 2.49. The maximum Gasteiger partial charge on any atom is 0.305 e. The number of nitrogens with zero attached hydrogens (tertiary/aromatic N) is 1. The van der Waals surface area contributed by atoms with Gasteiger partial charge in [-0.1, -0.05) is 0 Å². The Balaban J connectivity index is 2.46. The van der Waals surface area contributed by atoms with Crippen LogP contribution in [0.5, 0.6) is 0 Å². The summed E-state index contributed by atoms with van der Waals surface area (Å²) in [5, 5.41) is 19.4. The molecular weight excluding hydrogens is 229 g/mol. The van der Waals surface area contributed by atoms with Crippen molar-refractivity contribution in [3.8, 4) is 11.3 Å². The van der Waals surface area contributed by atoms with Crippen molar-refractivity contribution in [2.75, 3.05) is 0 Å². The first-order valence-electron chi connectivity index (χ1n) is 4.75. The van der Waals surface area contributed by atoms with Crippen LogP contribution in [0, 0.1) is 15.9 Å². The number of rotatable bonds is 3. The smallest absolute Gasteiger partial charge is 0.305 e. The molecule has 6 heteroatoms. The molecule has 0 aliphatic heterocycles. The lowest BCUT2D eigenvalue weighted by Gasteiger charge is -1.98. The van der Waals surface area contributed by atoms with E-state index in [9.17, 15) is 14.5 Å². The molecule has 0 atom stereocenters. The molecule has 0 saturated heterocycles. The number of nitro groups is 1. The van der Waals surface area contributed by atoms with Crippen LogP contribution in [0.1, 0.15) is 5.76 Å². The second-order valence-corrected chi connectivity index (χ2v) is 3.35. The summed E-state index contributed by atoms with van der Waals surface area (Å²) in [6.45, 7) is -0.261. The van der Waals surface area contributed by atoms with E-state index in [1.807, 2.05) is 0 Å². The average Bonchev–Trinajstić information content (AvgIpc) is 2.78. The van der Waals surface area contributed by atoms with Gasteiger partial charge in [0.15, 0.2) is 0 Å². The number of aliphatic hydroxyl groups excluding tert-OH is 1. The Labute approximate surface area is 95.3 Å². The van der Waals surface area contributed by atoms with Crippen LogP contribution in [0.25, 0.3) is 11.3 Å². The summed E-state index contributed by atoms with van der Waals surface area (Å²) in [5.41, 5.74) is -0.220. The van der Waals surface area contributed by atoms with Crippen LogP contribution in [-0.2, 0) is 6.61 Å². The highest BCUT2D eigenvalue weighted by molar-refractivity contribution is 5.61. The predicted molar refractivity (Wildman–Crippen MR) is 56.7 cm³/mol. The molecule has 88 valence electrons. The van der Waals surface area contributed by atoms with Crippen molar-refractivity contribution in [1.82, 2.24) is 0 Å². The Morgan fingerprint density at radius 1 is 1.35 bits per heavy atom. The van der Waals surface area contributed by atoms with Crippen LogP contribution < -0.4 is 0 Å². The standard InChI is InChI=1S/C11H8FNO4/c12-9-3-1-7(5-10(9)13(15)16)11-4-2-8(6-14)17-11/h1-5,14H,6H2. The number of hydrogen-bond donors (Lipinski definition) is 1. The minimum Gasteiger partial charge on any atom is -0.459 e. The van der Waals surface area contributed by atoms with Gasteiger partial charge in [0.25, 0.3) is 0 Å². The van der Waals surface area contributed by atoms with Crippen LogP contribution >= 0.6 is 0 Å². The summed E-state index contributed by atoms with van der Waals surface area (Å²) in [5.74, 6) is -0.211. The largest absolute Gasteiger partial charge is 0.459 e. The summed E-state index contributed by atoms with van der Waals surface area (Å²) < 4.78 is 18.3. The molecular formula is C11H8FNO4. The van der Waals surface area contributed by atoms with E-state index in [2.05, 4.69) is 0 Å². The van der Waals surface area contributed by atoms with Gasteiger partial charge in [0.1, 0.15) is 18.1 Å². The second kappa shape index (κ2) is 4.34. The van der Waals surface area contributed by atoms with Crippen LogP contribution in [0.2, 0.25) is 0 Å². The molecule has 5 nitrogen and oxygen atoms in total. The molecule has 0 spiro atoms. The number of nitro benzene ring substituents is 1. The Hall–Kier alpha value is -2.21. The van der Waals surface area contributed by atoms with Gasteiger partial charge in [-0.2, -0.15) is 4.39 Å². The summed E-state index contributed by atoms with van der Waals surface area (Å²) in [7, 11) is 0. The molecule has 1 heterocycles. The monoisotopic (exact) mass is 237 g/mol. The van der Waals surface area contributed by atoms with E-state index in [4.69, 9.17) is 9.52 Å². The van der Waals surface area contributed by atoms with E-state index in [0.29, 0.717) is 17.1 Å². The number of aliphatic hydroxyl groups is 1. The fourth-order valence-corrected chi connectivity index (χ4v) is 1.42. The number of benzene rings is 1. The Bertz CT molecular complexity index is 564. The van der Waals surface area contributed by atoms with Crippen molar-refractivity contribution in [1.29, 1.82) is 0 Å². The molecule has 0 fully saturated rings. The molecule has 0 amide bonds. The first kappa shape index (κ1) is 11.3. The normalized spacial score (nSPS) is 10.5. The Morgan fingerprint density at radius 2 is 2.12 bits per heavy atom. The lowest BCUT2D eigenvalue weighted by molar-refractivity contribution is -0.387. The van der Waals surface area contributed by atoms with Gasteiger partial charge in [-0.05, 0) is 24.3 Å². The number of furan rings is 1. The van der Waals surface area contributed by atoms with Crippen molar-refractivity contribution < 1.29 is 18.8 Å². The molecule has 0 radical (unpaired) electrons. The van der Waals surface area contributed by atoms with Crippen molar-refractivity contribution >= 4 is 5.69 Å². The molecule has 17 heavy (non-hydrogen) atoms.